The zero-order valence-corrected chi connectivity index (χ0v) is 8.47. The van der Waals surface area contributed by atoms with Crippen LogP contribution in [0.25, 0.3) is 0 Å². The lowest BCUT2D eigenvalue weighted by Gasteiger charge is -2.23. The molecule has 0 aromatic heterocycles. The van der Waals surface area contributed by atoms with Crippen LogP contribution >= 0.6 is 0 Å². The Morgan fingerprint density at radius 3 is 2.94 bits per heavy atom. The lowest BCUT2D eigenvalue weighted by atomic mass is 9.97. The average molecular weight is 221 g/mol. The molecule has 5 heteroatoms. The number of alkyl carbamates (subject to hydrolysis) is 1. The Morgan fingerprint density at radius 2 is 2.31 bits per heavy atom. The molecule has 84 valence electrons. The first-order valence-electron chi connectivity index (χ1n) is 4.90. The molecule has 1 heterocycles. The van der Waals surface area contributed by atoms with Crippen molar-refractivity contribution in [1.29, 1.82) is 0 Å². The Bertz CT molecular complexity index is 420. The number of carbonyl (C=O) groups is 2. The maximum atomic E-state index is 10.8. The molecule has 2 rings (SSSR count). The third-order valence-electron chi connectivity index (χ3n) is 2.51. The van der Waals surface area contributed by atoms with Crippen molar-refractivity contribution in [3.63, 3.8) is 0 Å². The topological polar surface area (TPSA) is 75.6 Å². The second kappa shape index (κ2) is 4.22. The Hall–Kier alpha value is -2.04. The van der Waals surface area contributed by atoms with Crippen molar-refractivity contribution in [3.05, 3.63) is 35.4 Å². The first-order valence-corrected chi connectivity index (χ1v) is 4.90. The van der Waals surface area contributed by atoms with Gasteiger partial charge in [-0.3, -0.25) is 0 Å². The van der Waals surface area contributed by atoms with Crippen LogP contribution < -0.4 is 5.32 Å². The van der Waals surface area contributed by atoms with E-state index in [9.17, 15) is 9.59 Å². The Balaban J connectivity index is 2.17. The maximum absolute atomic E-state index is 10.8. The molecule has 16 heavy (non-hydrogen) atoms. The summed E-state index contributed by atoms with van der Waals surface area (Å²) in [5, 5.41) is 11.4. The van der Waals surface area contributed by atoms with Gasteiger partial charge in [-0.25, -0.2) is 9.59 Å². The van der Waals surface area contributed by atoms with E-state index < -0.39 is 12.1 Å². The molecule has 1 saturated heterocycles. The highest BCUT2D eigenvalue weighted by atomic mass is 16.6. The number of nitrogens with one attached hydrogen (secondary N) is 1. The molecule has 1 aliphatic rings. The SMILES string of the molecule is O=C1NCC(c2cccc(C(=O)O)c2)CO1. The van der Waals surface area contributed by atoms with Crippen LogP contribution in [0.15, 0.2) is 24.3 Å². The second-order valence-corrected chi connectivity index (χ2v) is 3.61. The molecular weight excluding hydrogens is 210 g/mol. The number of ether oxygens (including phenoxy) is 1. The van der Waals surface area contributed by atoms with Gasteiger partial charge in [0.25, 0.3) is 0 Å². The highest BCUT2D eigenvalue weighted by Crippen LogP contribution is 2.19. The molecule has 1 amide bonds. The molecule has 0 saturated carbocycles. The molecule has 1 aliphatic heterocycles. The minimum atomic E-state index is -0.956. The highest BCUT2D eigenvalue weighted by molar-refractivity contribution is 5.87. The van der Waals surface area contributed by atoms with Crippen LogP contribution in [0, 0.1) is 0 Å². The third-order valence-corrected chi connectivity index (χ3v) is 2.51. The number of amides is 1. The minimum Gasteiger partial charge on any atom is -0.478 e. The summed E-state index contributed by atoms with van der Waals surface area (Å²) in [6.07, 6.45) is -0.425. The van der Waals surface area contributed by atoms with Crippen LogP contribution in [0.2, 0.25) is 0 Å². The van der Waals surface area contributed by atoms with Gasteiger partial charge in [0.1, 0.15) is 6.61 Å². The number of cyclic esters (lactones) is 1. The molecule has 0 spiro atoms. The van der Waals surface area contributed by atoms with Gasteiger partial charge < -0.3 is 15.2 Å². The van der Waals surface area contributed by atoms with Crippen molar-refractivity contribution in [2.75, 3.05) is 13.2 Å². The minimum absolute atomic E-state index is 0.0111. The summed E-state index contributed by atoms with van der Waals surface area (Å²) in [7, 11) is 0. The van der Waals surface area contributed by atoms with Gasteiger partial charge >= 0.3 is 12.1 Å². The summed E-state index contributed by atoms with van der Waals surface area (Å²) in [6, 6.07) is 6.66. The average Bonchev–Trinajstić information content (AvgIpc) is 2.30. The van der Waals surface area contributed by atoms with Crippen LogP contribution in [-0.2, 0) is 4.74 Å². The Labute approximate surface area is 92.0 Å². The number of rotatable bonds is 2. The summed E-state index contributed by atoms with van der Waals surface area (Å²) in [6.45, 7) is 0.761. The summed E-state index contributed by atoms with van der Waals surface area (Å²) < 4.78 is 4.85. The molecule has 1 aromatic rings. The second-order valence-electron chi connectivity index (χ2n) is 3.61. The Kier molecular flexibility index (Phi) is 2.76. The van der Waals surface area contributed by atoms with E-state index in [1.807, 2.05) is 6.07 Å². The van der Waals surface area contributed by atoms with Crippen LogP contribution in [0.5, 0.6) is 0 Å². The van der Waals surface area contributed by atoms with E-state index in [0.717, 1.165) is 5.56 Å². The molecule has 5 nitrogen and oxygen atoms in total. The zero-order chi connectivity index (χ0) is 11.5. The van der Waals surface area contributed by atoms with Crippen LogP contribution in [-0.4, -0.2) is 30.3 Å². The van der Waals surface area contributed by atoms with Crippen LogP contribution in [0.1, 0.15) is 21.8 Å². The molecule has 0 radical (unpaired) electrons. The Morgan fingerprint density at radius 1 is 1.50 bits per heavy atom. The smallest absolute Gasteiger partial charge is 0.407 e. The van der Waals surface area contributed by atoms with Crippen molar-refractivity contribution in [1.82, 2.24) is 5.32 Å². The van der Waals surface area contributed by atoms with Gasteiger partial charge in [-0.05, 0) is 17.7 Å². The monoisotopic (exact) mass is 221 g/mol. The van der Waals surface area contributed by atoms with Gasteiger partial charge in [-0.1, -0.05) is 12.1 Å². The molecule has 1 aromatic carbocycles. The van der Waals surface area contributed by atoms with E-state index in [2.05, 4.69) is 5.32 Å². The van der Waals surface area contributed by atoms with Crippen LogP contribution in [0.4, 0.5) is 4.79 Å². The summed E-state index contributed by atoms with van der Waals surface area (Å²) in [5.41, 5.74) is 1.11. The number of hydrogen-bond acceptors (Lipinski definition) is 3. The van der Waals surface area contributed by atoms with E-state index in [1.165, 1.54) is 6.07 Å². The fourth-order valence-corrected chi connectivity index (χ4v) is 1.63. The third kappa shape index (κ3) is 2.13. The van der Waals surface area contributed by atoms with Crippen molar-refractivity contribution >= 4 is 12.1 Å². The highest BCUT2D eigenvalue weighted by Gasteiger charge is 2.21. The lowest BCUT2D eigenvalue weighted by molar-refractivity contribution is 0.0696. The zero-order valence-electron chi connectivity index (χ0n) is 8.47. The maximum Gasteiger partial charge on any atom is 0.407 e. The molecule has 2 N–H and O–H groups in total. The van der Waals surface area contributed by atoms with Gasteiger partial charge in [-0.2, -0.15) is 0 Å². The normalized spacial score (nSPS) is 19.8. The largest absolute Gasteiger partial charge is 0.478 e. The van der Waals surface area contributed by atoms with Gasteiger partial charge in [0.2, 0.25) is 0 Å². The van der Waals surface area contributed by atoms with Crippen LogP contribution in [0.3, 0.4) is 0 Å². The summed E-state index contributed by atoms with van der Waals surface area (Å²) in [5.74, 6) is -0.945. The van der Waals surface area contributed by atoms with Gasteiger partial charge in [-0.15, -0.1) is 0 Å². The van der Waals surface area contributed by atoms with Crippen molar-refractivity contribution in [3.8, 4) is 0 Å². The van der Waals surface area contributed by atoms with Crippen molar-refractivity contribution in [2.24, 2.45) is 0 Å². The first-order chi connectivity index (χ1) is 7.66. The number of benzene rings is 1. The van der Waals surface area contributed by atoms with Crippen molar-refractivity contribution < 1.29 is 19.4 Å². The van der Waals surface area contributed by atoms with E-state index in [-0.39, 0.29) is 18.1 Å². The number of carboxylic acid groups (broad SMARTS) is 1. The summed E-state index contributed by atoms with van der Waals surface area (Å²) >= 11 is 0. The van der Waals surface area contributed by atoms with Gasteiger partial charge in [0.15, 0.2) is 0 Å². The van der Waals surface area contributed by atoms with E-state index in [4.69, 9.17) is 9.84 Å². The molecule has 0 aliphatic carbocycles. The quantitative estimate of drug-likeness (QED) is 0.787. The molecule has 1 fully saturated rings. The molecular formula is C11H11NO4. The molecule has 1 atom stereocenters. The predicted octanol–water partition coefficient (Wildman–Crippen LogP) is 1.21. The van der Waals surface area contributed by atoms with E-state index >= 15 is 0 Å². The van der Waals surface area contributed by atoms with Gasteiger partial charge in [0.05, 0.1) is 5.56 Å². The fraction of sp³-hybridized carbons (Fsp3) is 0.273. The number of hydrogen-bond donors (Lipinski definition) is 2. The summed E-state index contributed by atoms with van der Waals surface area (Å²) in [4.78, 5) is 21.6. The predicted molar refractivity (Wildman–Crippen MR) is 55.5 cm³/mol. The first kappa shape index (κ1) is 10.5. The standard InChI is InChI=1S/C11H11NO4/c13-10(14)8-3-1-2-7(4-8)9-5-12-11(15)16-6-9/h1-4,9H,5-6H2,(H,12,15)(H,13,14). The van der Waals surface area contributed by atoms with Crippen molar-refractivity contribution in [2.45, 2.75) is 5.92 Å². The number of aromatic carboxylic acids is 1. The van der Waals surface area contributed by atoms with E-state index in [0.29, 0.717) is 6.54 Å². The van der Waals surface area contributed by atoms with Gasteiger partial charge in [0, 0.05) is 12.5 Å². The van der Waals surface area contributed by atoms with E-state index in [1.54, 1.807) is 12.1 Å². The molecule has 1 unspecified atom stereocenters. The molecule has 0 bridgehead atoms. The number of carboxylic acids is 1. The number of carbonyl (C=O) groups excluding carboxylic acids is 1. The lowest BCUT2D eigenvalue weighted by Crippen LogP contribution is -2.37. The fourth-order valence-electron chi connectivity index (χ4n) is 1.63.